The predicted octanol–water partition coefficient (Wildman–Crippen LogP) is 1.54. The van der Waals surface area contributed by atoms with Gasteiger partial charge in [-0.15, -0.1) is 0 Å². The molecular formula is C16H35N3O. The van der Waals surface area contributed by atoms with Gasteiger partial charge in [-0.1, -0.05) is 20.8 Å². The van der Waals surface area contributed by atoms with Gasteiger partial charge in [0.25, 0.3) is 0 Å². The summed E-state index contributed by atoms with van der Waals surface area (Å²) in [6.07, 6.45) is 4.53. The Labute approximate surface area is 125 Å². The van der Waals surface area contributed by atoms with Gasteiger partial charge < -0.3 is 15.3 Å². The van der Waals surface area contributed by atoms with E-state index in [1.54, 1.807) is 0 Å². The van der Waals surface area contributed by atoms with Gasteiger partial charge >= 0.3 is 0 Å². The fraction of sp³-hybridized carbons (Fsp3) is 1.00. The molecule has 0 aromatic heterocycles. The lowest BCUT2D eigenvalue weighted by Crippen LogP contribution is -2.46. The molecule has 20 heavy (non-hydrogen) atoms. The third-order valence-corrected chi connectivity index (χ3v) is 5.22. The number of nitrogens with one attached hydrogen (secondary N) is 1. The third-order valence-electron chi connectivity index (χ3n) is 5.22. The summed E-state index contributed by atoms with van der Waals surface area (Å²) in [4.78, 5) is 5.17. The Hall–Kier alpha value is -0.160. The van der Waals surface area contributed by atoms with E-state index in [0.29, 0.717) is 0 Å². The summed E-state index contributed by atoms with van der Waals surface area (Å²) in [5.74, 6) is 0. The maximum absolute atomic E-state index is 9.56. The normalized spacial score (nSPS) is 23.4. The monoisotopic (exact) mass is 285 g/mol. The number of hydrogen-bond acceptors (Lipinski definition) is 4. The van der Waals surface area contributed by atoms with E-state index < -0.39 is 0 Å². The van der Waals surface area contributed by atoms with Gasteiger partial charge in [0.05, 0.1) is 6.61 Å². The Morgan fingerprint density at radius 3 is 2.50 bits per heavy atom. The molecule has 120 valence electrons. The van der Waals surface area contributed by atoms with Gasteiger partial charge in [-0.25, -0.2) is 0 Å². The molecule has 2 N–H and O–H groups in total. The summed E-state index contributed by atoms with van der Waals surface area (Å²) in [6.45, 7) is 12.9. The van der Waals surface area contributed by atoms with Crippen molar-refractivity contribution in [1.82, 2.24) is 15.1 Å². The zero-order valence-corrected chi connectivity index (χ0v) is 14.0. The summed E-state index contributed by atoms with van der Waals surface area (Å²) in [6, 6.07) is 0.753. The highest BCUT2D eigenvalue weighted by molar-refractivity contribution is 4.86. The second-order valence-corrected chi connectivity index (χ2v) is 6.11. The molecule has 4 nitrogen and oxygen atoms in total. The minimum atomic E-state index is -0.0714. The summed E-state index contributed by atoms with van der Waals surface area (Å²) >= 11 is 0. The largest absolute Gasteiger partial charge is 0.394 e. The molecule has 1 rings (SSSR count). The van der Waals surface area contributed by atoms with E-state index in [9.17, 15) is 5.11 Å². The fourth-order valence-corrected chi connectivity index (χ4v) is 3.44. The molecule has 0 amide bonds. The van der Waals surface area contributed by atoms with Crippen LogP contribution in [-0.2, 0) is 0 Å². The maximum atomic E-state index is 9.56. The number of aliphatic hydroxyl groups excluding tert-OH is 1. The van der Waals surface area contributed by atoms with Crippen LogP contribution in [0.2, 0.25) is 0 Å². The van der Waals surface area contributed by atoms with Gasteiger partial charge in [0, 0.05) is 18.1 Å². The van der Waals surface area contributed by atoms with Crippen LogP contribution in [0.3, 0.4) is 0 Å². The molecule has 0 aromatic carbocycles. The Balaban J connectivity index is 2.30. The summed E-state index contributed by atoms with van der Waals surface area (Å²) in [5, 5.41) is 12.9. The van der Waals surface area contributed by atoms with E-state index in [0.717, 1.165) is 32.0 Å². The zero-order valence-electron chi connectivity index (χ0n) is 14.0. The average molecular weight is 285 g/mol. The van der Waals surface area contributed by atoms with Gasteiger partial charge in [-0.3, -0.25) is 4.90 Å². The number of rotatable bonds is 10. The predicted molar refractivity (Wildman–Crippen MR) is 86.2 cm³/mol. The highest BCUT2D eigenvalue weighted by Crippen LogP contribution is 2.19. The molecule has 1 aliphatic heterocycles. The molecule has 2 unspecified atom stereocenters. The lowest BCUT2D eigenvalue weighted by molar-refractivity contribution is 0.146. The van der Waals surface area contributed by atoms with Crippen molar-refractivity contribution in [2.24, 2.45) is 0 Å². The Morgan fingerprint density at radius 1 is 1.30 bits per heavy atom. The number of nitrogens with zero attached hydrogens (tertiary/aromatic N) is 2. The number of aliphatic hydroxyl groups is 1. The summed E-state index contributed by atoms with van der Waals surface area (Å²) < 4.78 is 0. The van der Waals surface area contributed by atoms with E-state index in [2.05, 4.69) is 35.9 Å². The molecule has 1 aliphatic rings. The minimum absolute atomic E-state index is 0.0714. The molecule has 4 heteroatoms. The molecule has 1 saturated heterocycles. The maximum Gasteiger partial charge on any atom is 0.0613 e. The van der Waals surface area contributed by atoms with Crippen LogP contribution in [0.25, 0.3) is 0 Å². The van der Waals surface area contributed by atoms with E-state index in [1.807, 2.05) is 7.05 Å². The lowest BCUT2D eigenvalue weighted by Gasteiger charge is -2.31. The van der Waals surface area contributed by atoms with Crippen LogP contribution in [-0.4, -0.2) is 72.9 Å². The van der Waals surface area contributed by atoms with Crippen LogP contribution in [0.1, 0.15) is 46.5 Å². The Kier molecular flexibility index (Phi) is 8.03. The SMILES string of the molecule is CCN(CC)C1CCN(CCCC(CC)(CO)NC)C1. The van der Waals surface area contributed by atoms with Crippen molar-refractivity contribution in [2.45, 2.75) is 58.0 Å². The van der Waals surface area contributed by atoms with Crippen LogP contribution in [0.15, 0.2) is 0 Å². The van der Waals surface area contributed by atoms with Crippen LogP contribution in [0, 0.1) is 0 Å². The smallest absolute Gasteiger partial charge is 0.0613 e. The highest BCUT2D eigenvalue weighted by Gasteiger charge is 2.28. The molecule has 0 saturated carbocycles. The van der Waals surface area contributed by atoms with Crippen molar-refractivity contribution < 1.29 is 5.11 Å². The Bertz CT molecular complexity index is 244. The van der Waals surface area contributed by atoms with Crippen molar-refractivity contribution in [3.8, 4) is 0 Å². The van der Waals surface area contributed by atoms with Crippen LogP contribution in [0.4, 0.5) is 0 Å². The van der Waals surface area contributed by atoms with Crippen molar-refractivity contribution in [3.05, 3.63) is 0 Å². The average Bonchev–Trinajstić information content (AvgIpc) is 2.94. The molecule has 0 aromatic rings. The first-order valence-corrected chi connectivity index (χ1v) is 8.40. The van der Waals surface area contributed by atoms with Crippen LogP contribution >= 0.6 is 0 Å². The van der Waals surface area contributed by atoms with Crippen molar-refractivity contribution >= 4 is 0 Å². The van der Waals surface area contributed by atoms with Gasteiger partial charge in [0.15, 0.2) is 0 Å². The van der Waals surface area contributed by atoms with Gasteiger partial charge in [0.2, 0.25) is 0 Å². The third kappa shape index (κ3) is 4.69. The minimum Gasteiger partial charge on any atom is -0.394 e. The van der Waals surface area contributed by atoms with E-state index in [4.69, 9.17) is 0 Å². The first-order valence-electron chi connectivity index (χ1n) is 8.40. The summed E-state index contributed by atoms with van der Waals surface area (Å²) in [5.41, 5.74) is -0.0714. The van der Waals surface area contributed by atoms with E-state index in [1.165, 1.54) is 32.5 Å². The van der Waals surface area contributed by atoms with Crippen LogP contribution < -0.4 is 5.32 Å². The first kappa shape index (κ1) is 17.9. The lowest BCUT2D eigenvalue weighted by atomic mass is 9.91. The molecule has 0 spiro atoms. The van der Waals surface area contributed by atoms with Crippen molar-refractivity contribution in [3.63, 3.8) is 0 Å². The van der Waals surface area contributed by atoms with Gasteiger partial charge in [0.1, 0.15) is 0 Å². The Morgan fingerprint density at radius 2 is 2.00 bits per heavy atom. The molecule has 1 fully saturated rings. The quantitative estimate of drug-likeness (QED) is 0.639. The van der Waals surface area contributed by atoms with Crippen molar-refractivity contribution in [2.75, 3.05) is 46.4 Å². The molecule has 1 heterocycles. The standard InChI is InChI=1S/C16H35N3O/c1-5-16(14-20,17-4)10-8-11-18-12-9-15(13-18)19(6-2)7-3/h15,17,20H,5-14H2,1-4H3. The number of likely N-dealkylation sites (tertiary alicyclic amines) is 1. The van der Waals surface area contributed by atoms with Gasteiger partial charge in [-0.05, 0) is 58.9 Å². The highest BCUT2D eigenvalue weighted by atomic mass is 16.3. The molecule has 2 atom stereocenters. The number of likely N-dealkylation sites (N-methyl/N-ethyl adjacent to an activating group) is 2. The fourth-order valence-electron chi connectivity index (χ4n) is 3.44. The molecule has 0 bridgehead atoms. The molecular weight excluding hydrogens is 250 g/mol. The molecule has 0 radical (unpaired) electrons. The second-order valence-electron chi connectivity index (χ2n) is 6.11. The summed E-state index contributed by atoms with van der Waals surface area (Å²) in [7, 11) is 1.96. The molecule has 0 aliphatic carbocycles. The van der Waals surface area contributed by atoms with Crippen molar-refractivity contribution in [1.29, 1.82) is 0 Å². The second kappa shape index (κ2) is 8.98. The van der Waals surface area contributed by atoms with E-state index >= 15 is 0 Å². The van der Waals surface area contributed by atoms with Crippen LogP contribution in [0.5, 0.6) is 0 Å². The topological polar surface area (TPSA) is 38.7 Å². The van der Waals surface area contributed by atoms with E-state index in [-0.39, 0.29) is 12.1 Å². The van der Waals surface area contributed by atoms with Gasteiger partial charge in [-0.2, -0.15) is 0 Å². The number of hydrogen-bond donors (Lipinski definition) is 2. The first-order chi connectivity index (χ1) is 9.64. The zero-order chi connectivity index (χ0) is 15.0.